The van der Waals surface area contributed by atoms with Gasteiger partial charge in [0.2, 0.25) is 11.1 Å². The molecule has 1 heterocycles. The molecule has 2 N–H and O–H groups in total. The number of aliphatic hydroxyl groups excluding tert-OH is 1. The van der Waals surface area contributed by atoms with Crippen LogP contribution in [0.1, 0.15) is 38.2 Å². The summed E-state index contributed by atoms with van der Waals surface area (Å²) in [7, 11) is 0. The maximum absolute atomic E-state index is 12.5. The highest BCUT2D eigenvalue weighted by atomic mass is 35.5. The first-order valence-corrected chi connectivity index (χ1v) is 12.1. The van der Waals surface area contributed by atoms with E-state index in [4.69, 9.17) is 27.9 Å². The molecule has 0 aliphatic heterocycles. The Bertz CT molecular complexity index is 1170. The molecule has 11 heteroatoms. The molecule has 4 rings (SSSR count). The molecule has 0 atom stereocenters. The first-order chi connectivity index (χ1) is 15.8. The summed E-state index contributed by atoms with van der Waals surface area (Å²) < 4.78 is 7.22. The Morgan fingerprint density at radius 3 is 2.70 bits per heavy atom. The standard InChI is InChI=1S/C22H23Cl2N5O3S/c1-22(2,12-30)32-15-6-7-18(16(23)10-15)25-20(31)11-33-21-26-27-28-29(21)19-8-5-14(9-17(19)24)13-3-4-13/h5-10,13,30H,3-4,11-12H2,1-2H3,(H,25,31). The molecular formula is C22H23Cl2N5O3S. The molecule has 0 bridgehead atoms. The molecule has 3 aromatic rings. The molecule has 0 saturated heterocycles. The number of ether oxygens (including phenoxy) is 1. The second kappa shape index (κ2) is 9.89. The van der Waals surface area contributed by atoms with E-state index in [1.807, 2.05) is 18.2 Å². The van der Waals surface area contributed by atoms with Gasteiger partial charge in [0.15, 0.2) is 0 Å². The predicted octanol–water partition coefficient (Wildman–Crippen LogP) is 4.73. The minimum atomic E-state index is -0.740. The highest BCUT2D eigenvalue weighted by molar-refractivity contribution is 7.99. The number of tetrazole rings is 1. The fourth-order valence-electron chi connectivity index (χ4n) is 3.11. The minimum Gasteiger partial charge on any atom is -0.485 e. The third kappa shape index (κ3) is 5.97. The van der Waals surface area contributed by atoms with Gasteiger partial charge in [-0.2, -0.15) is 4.68 Å². The average molecular weight is 508 g/mol. The number of nitrogens with zero attached hydrogens (tertiary/aromatic N) is 4. The molecule has 174 valence electrons. The molecule has 0 radical (unpaired) electrons. The van der Waals surface area contributed by atoms with E-state index in [1.165, 1.54) is 34.8 Å². The Morgan fingerprint density at radius 1 is 1.24 bits per heavy atom. The molecular weight excluding hydrogens is 485 g/mol. The van der Waals surface area contributed by atoms with Crippen LogP contribution in [0, 0.1) is 0 Å². The topological polar surface area (TPSA) is 102 Å². The van der Waals surface area contributed by atoms with E-state index in [-0.39, 0.29) is 18.3 Å². The van der Waals surface area contributed by atoms with E-state index in [1.54, 1.807) is 32.0 Å². The monoisotopic (exact) mass is 507 g/mol. The second-order valence-corrected chi connectivity index (χ2v) is 10.1. The van der Waals surface area contributed by atoms with Crippen molar-refractivity contribution in [3.05, 3.63) is 52.0 Å². The number of aliphatic hydroxyl groups is 1. The van der Waals surface area contributed by atoms with Crippen molar-refractivity contribution in [2.24, 2.45) is 0 Å². The third-order valence-electron chi connectivity index (χ3n) is 5.01. The number of thioether (sulfide) groups is 1. The lowest BCUT2D eigenvalue weighted by molar-refractivity contribution is -0.113. The summed E-state index contributed by atoms with van der Waals surface area (Å²) >= 11 is 14.0. The summed E-state index contributed by atoms with van der Waals surface area (Å²) in [5.41, 5.74) is 1.60. The first-order valence-electron chi connectivity index (χ1n) is 10.4. The lowest BCUT2D eigenvalue weighted by atomic mass is 10.1. The van der Waals surface area contributed by atoms with E-state index in [0.717, 1.165) is 0 Å². The average Bonchev–Trinajstić information content (AvgIpc) is 3.52. The number of amides is 1. The Labute approximate surface area is 205 Å². The largest absolute Gasteiger partial charge is 0.485 e. The van der Waals surface area contributed by atoms with Crippen molar-refractivity contribution < 1.29 is 14.6 Å². The molecule has 1 amide bonds. The molecule has 1 aromatic heterocycles. The van der Waals surface area contributed by atoms with Gasteiger partial charge in [-0.05, 0) is 72.9 Å². The van der Waals surface area contributed by atoms with Crippen LogP contribution in [0.25, 0.3) is 5.69 Å². The third-order valence-corrected chi connectivity index (χ3v) is 6.55. The molecule has 33 heavy (non-hydrogen) atoms. The highest BCUT2D eigenvalue weighted by Crippen LogP contribution is 2.41. The maximum Gasteiger partial charge on any atom is 0.234 e. The summed E-state index contributed by atoms with van der Waals surface area (Å²) in [5.74, 6) is 0.896. The molecule has 0 spiro atoms. The second-order valence-electron chi connectivity index (χ2n) is 8.36. The quantitative estimate of drug-likeness (QED) is 0.403. The molecule has 1 aliphatic carbocycles. The van der Waals surface area contributed by atoms with E-state index < -0.39 is 5.60 Å². The molecule has 1 fully saturated rings. The van der Waals surface area contributed by atoms with Crippen molar-refractivity contribution in [1.82, 2.24) is 20.2 Å². The van der Waals surface area contributed by atoms with Gasteiger partial charge in [0.1, 0.15) is 11.4 Å². The van der Waals surface area contributed by atoms with Gasteiger partial charge in [-0.25, -0.2) is 0 Å². The van der Waals surface area contributed by atoms with Crippen molar-refractivity contribution >= 4 is 46.6 Å². The van der Waals surface area contributed by atoms with E-state index in [2.05, 4.69) is 20.8 Å². The highest BCUT2D eigenvalue weighted by Gasteiger charge is 2.25. The van der Waals surface area contributed by atoms with Crippen LogP contribution in [0.15, 0.2) is 41.6 Å². The smallest absolute Gasteiger partial charge is 0.234 e. The van der Waals surface area contributed by atoms with Crippen molar-refractivity contribution in [2.45, 2.75) is 43.4 Å². The number of anilines is 1. The molecule has 8 nitrogen and oxygen atoms in total. The molecule has 2 aromatic carbocycles. The van der Waals surface area contributed by atoms with Crippen LogP contribution in [-0.2, 0) is 4.79 Å². The zero-order chi connectivity index (χ0) is 23.6. The van der Waals surface area contributed by atoms with Gasteiger partial charge < -0.3 is 15.2 Å². The van der Waals surface area contributed by atoms with Crippen LogP contribution in [0.3, 0.4) is 0 Å². The van der Waals surface area contributed by atoms with Crippen LogP contribution in [0.5, 0.6) is 5.75 Å². The number of carbonyl (C=O) groups is 1. The fraction of sp³-hybridized carbons (Fsp3) is 0.364. The van der Waals surface area contributed by atoms with Crippen molar-refractivity contribution in [3.8, 4) is 11.4 Å². The predicted molar refractivity (Wildman–Crippen MR) is 129 cm³/mol. The van der Waals surface area contributed by atoms with Crippen LogP contribution in [-0.4, -0.2) is 49.2 Å². The maximum atomic E-state index is 12.5. The normalized spacial score (nSPS) is 13.7. The number of halogens is 2. The lowest BCUT2D eigenvalue weighted by Crippen LogP contribution is -2.32. The van der Waals surface area contributed by atoms with Crippen LogP contribution < -0.4 is 10.1 Å². The number of hydrogen-bond donors (Lipinski definition) is 2. The van der Waals surface area contributed by atoms with Gasteiger partial charge in [-0.3, -0.25) is 4.79 Å². The number of benzene rings is 2. The van der Waals surface area contributed by atoms with Gasteiger partial charge in [-0.1, -0.05) is 41.0 Å². The van der Waals surface area contributed by atoms with Crippen LogP contribution in [0.4, 0.5) is 5.69 Å². The van der Waals surface area contributed by atoms with Crippen LogP contribution in [0.2, 0.25) is 10.0 Å². The summed E-state index contributed by atoms with van der Waals surface area (Å²) in [4.78, 5) is 12.5. The zero-order valence-electron chi connectivity index (χ0n) is 18.1. The molecule has 1 aliphatic rings. The van der Waals surface area contributed by atoms with Crippen molar-refractivity contribution in [1.29, 1.82) is 0 Å². The summed E-state index contributed by atoms with van der Waals surface area (Å²) in [6, 6.07) is 10.8. The Hall–Kier alpha value is -2.33. The Balaban J connectivity index is 1.38. The molecule has 1 saturated carbocycles. The number of rotatable bonds is 9. The number of carbonyl (C=O) groups excluding carboxylic acids is 1. The lowest BCUT2D eigenvalue weighted by Gasteiger charge is -2.24. The van der Waals surface area contributed by atoms with E-state index in [9.17, 15) is 9.90 Å². The number of hydrogen-bond acceptors (Lipinski definition) is 7. The van der Waals surface area contributed by atoms with Crippen molar-refractivity contribution in [2.75, 3.05) is 17.7 Å². The van der Waals surface area contributed by atoms with Crippen LogP contribution >= 0.6 is 35.0 Å². The first kappa shape index (κ1) is 23.8. The van der Waals surface area contributed by atoms with Gasteiger partial charge in [0, 0.05) is 6.07 Å². The van der Waals surface area contributed by atoms with Gasteiger partial charge in [0.05, 0.1) is 33.8 Å². The molecule has 0 unspecified atom stereocenters. The van der Waals surface area contributed by atoms with Crippen molar-refractivity contribution in [3.63, 3.8) is 0 Å². The van der Waals surface area contributed by atoms with Gasteiger partial charge in [-0.15, -0.1) is 5.10 Å². The van der Waals surface area contributed by atoms with E-state index in [0.29, 0.717) is 38.2 Å². The summed E-state index contributed by atoms with van der Waals surface area (Å²) in [6.45, 7) is 3.38. The summed E-state index contributed by atoms with van der Waals surface area (Å²) in [5, 5.41) is 25.2. The SMILES string of the molecule is CC(C)(CO)Oc1ccc(NC(=O)CSc2nnnn2-c2ccc(C3CC3)cc2Cl)c(Cl)c1. The number of nitrogens with one attached hydrogen (secondary N) is 1. The van der Waals surface area contributed by atoms with E-state index >= 15 is 0 Å². The Kier molecular flexibility index (Phi) is 7.13. The van der Waals surface area contributed by atoms with Gasteiger partial charge in [0.25, 0.3) is 0 Å². The Morgan fingerprint density at radius 2 is 2.03 bits per heavy atom. The zero-order valence-corrected chi connectivity index (χ0v) is 20.4. The minimum absolute atomic E-state index is 0.0737. The van der Waals surface area contributed by atoms with Gasteiger partial charge >= 0.3 is 0 Å². The number of aromatic nitrogens is 4. The summed E-state index contributed by atoms with van der Waals surface area (Å²) in [6.07, 6.45) is 2.38. The fourth-order valence-corrected chi connectivity index (χ4v) is 4.28.